The van der Waals surface area contributed by atoms with Crippen LogP contribution in [0.15, 0.2) is 30.9 Å². The summed E-state index contributed by atoms with van der Waals surface area (Å²) in [4.78, 5) is 27.0. The number of carboxylic acids is 1. The molecule has 1 amide bonds. The molecule has 1 aromatic heterocycles. The number of amides is 1. The lowest BCUT2D eigenvalue weighted by Gasteiger charge is -2.14. The molecular formula is C12H11ClN4O3. The number of benzene rings is 1. The highest BCUT2D eigenvalue weighted by molar-refractivity contribution is 6.34. The first-order valence-electron chi connectivity index (χ1n) is 5.67. The topological polar surface area (TPSA) is 97.1 Å². The average molecular weight is 295 g/mol. The monoisotopic (exact) mass is 294 g/mol. The smallest absolute Gasteiger partial charge is 0.337 e. The molecule has 0 saturated carbocycles. The Morgan fingerprint density at radius 3 is 2.80 bits per heavy atom. The molecule has 0 spiro atoms. The zero-order chi connectivity index (χ0) is 14.7. The summed E-state index contributed by atoms with van der Waals surface area (Å²) in [5.41, 5.74) is -0.00438. The third-order valence-electron chi connectivity index (χ3n) is 2.71. The van der Waals surface area contributed by atoms with E-state index in [2.05, 4.69) is 15.4 Å². The molecule has 0 fully saturated rings. The van der Waals surface area contributed by atoms with Gasteiger partial charge in [-0.1, -0.05) is 17.7 Å². The molecule has 0 radical (unpaired) electrons. The minimum Gasteiger partial charge on any atom is -0.478 e. The van der Waals surface area contributed by atoms with Gasteiger partial charge in [0.1, 0.15) is 18.7 Å². The number of halogens is 1. The zero-order valence-electron chi connectivity index (χ0n) is 10.4. The number of para-hydroxylation sites is 1. The average Bonchev–Trinajstić information content (AvgIpc) is 2.93. The molecule has 7 nitrogen and oxygen atoms in total. The number of carbonyl (C=O) groups excluding carboxylic acids is 1. The second kappa shape index (κ2) is 5.70. The second-order valence-electron chi connectivity index (χ2n) is 4.01. The molecule has 1 heterocycles. The van der Waals surface area contributed by atoms with E-state index in [0.717, 1.165) is 0 Å². The fourth-order valence-corrected chi connectivity index (χ4v) is 1.82. The number of carbonyl (C=O) groups is 2. The van der Waals surface area contributed by atoms with E-state index >= 15 is 0 Å². The largest absolute Gasteiger partial charge is 0.478 e. The minimum atomic E-state index is -1.17. The van der Waals surface area contributed by atoms with Gasteiger partial charge in [-0.2, -0.15) is 5.10 Å². The first-order valence-corrected chi connectivity index (χ1v) is 6.05. The highest BCUT2D eigenvalue weighted by Crippen LogP contribution is 2.26. The third-order valence-corrected chi connectivity index (χ3v) is 3.02. The molecule has 2 rings (SSSR count). The summed E-state index contributed by atoms with van der Waals surface area (Å²) in [7, 11) is 0. The summed E-state index contributed by atoms with van der Waals surface area (Å²) in [5, 5.41) is 15.6. The fraction of sp³-hybridized carbons (Fsp3) is 0.167. The standard InChI is InChI=1S/C12H11ClN4O3/c1-7(17-6-14-5-15-17)11(18)16-10-8(12(19)20)3-2-4-9(10)13/h2-7H,1H3,(H,16,18)(H,19,20). The molecule has 1 aromatic carbocycles. The molecule has 20 heavy (non-hydrogen) atoms. The van der Waals surface area contributed by atoms with Crippen LogP contribution in [0.5, 0.6) is 0 Å². The Balaban J connectivity index is 2.26. The van der Waals surface area contributed by atoms with Crippen molar-refractivity contribution in [2.45, 2.75) is 13.0 Å². The number of hydrogen-bond donors (Lipinski definition) is 2. The molecule has 104 valence electrons. The van der Waals surface area contributed by atoms with Gasteiger partial charge in [0, 0.05) is 0 Å². The van der Waals surface area contributed by atoms with Gasteiger partial charge in [-0.05, 0) is 19.1 Å². The Morgan fingerprint density at radius 2 is 2.20 bits per heavy atom. The van der Waals surface area contributed by atoms with Crippen LogP contribution < -0.4 is 5.32 Å². The van der Waals surface area contributed by atoms with E-state index < -0.39 is 17.9 Å². The molecule has 0 aliphatic heterocycles. The Labute approximate surface area is 119 Å². The van der Waals surface area contributed by atoms with Crippen molar-refractivity contribution in [2.75, 3.05) is 5.32 Å². The quantitative estimate of drug-likeness (QED) is 0.896. The van der Waals surface area contributed by atoms with E-state index in [-0.39, 0.29) is 16.3 Å². The maximum absolute atomic E-state index is 12.1. The van der Waals surface area contributed by atoms with E-state index in [1.807, 2.05) is 0 Å². The molecule has 8 heteroatoms. The van der Waals surface area contributed by atoms with Gasteiger partial charge < -0.3 is 10.4 Å². The number of aromatic carboxylic acids is 1. The fourth-order valence-electron chi connectivity index (χ4n) is 1.59. The van der Waals surface area contributed by atoms with Gasteiger partial charge in [-0.25, -0.2) is 14.5 Å². The summed E-state index contributed by atoms with van der Waals surface area (Å²) in [6, 6.07) is 3.73. The number of hydrogen-bond acceptors (Lipinski definition) is 4. The van der Waals surface area contributed by atoms with Gasteiger partial charge in [-0.3, -0.25) is 4.79 Å². The molecular weight excluding hydrogens is 284 g/mol. The van der Waals surface area contributed by atoms with Crippen LogP contribution in [0.1, 0.15) is 23.3 Å². The van der Waals surface area contributed by atoms with Crippen LogP contribution in [0.4, 0.5) is 5.69 Å². The number of aromatic nitrogens is 3. The van der Waals surface area contributed by atoms with Crippen molar-refractivity contribution in [3.8, 4) is 0 Å². The number of carboxylic acid groups (broad SMARTS) is 1. The lowest BCUT2D eigenvalue weighted by molar-refractivity contribution is -0.119. The Bertz CT molecular complexity index is 642. The minimum absolute atomic E-state index is 0.0682. The van der Waals surface area contributed by atoms with Crippen molar-refractivity contribution >= 4 is 29.2 Å². The molecule has 2 N–H and O–H groups in total. The summed E-state index contributed by atoms with van der Waals surface area (Å²) >= 11 is 5.93. The predicted molar refractivity (Wildman–Crippen MR) is 71.8 cm³/mol. The van der Waals surface area contributed by atoms with Crippen molar-refractivity contribution in [1.82, 2.24) is 14.8 Å². The first kappa shape index (κ1) is 14.0. The van der Waals surface area contributed by atoms with Crippen molar-refractivity contribution in [2.24, 2.45) is 0 Å². The van der Waals surface area contributed by atoms with E-state index in [1.165, 1.54) is 35.5 Å². The van der Waals surface area contributed by atoms with E-state index in [4.69, 9.17) is 16.7 Å². The van der Waals surface area contributed by atoms with E-state index in [9.17, 15) is 9.59 Å². The summed E-state index contributed by atoms with van der Waals surface area (Å²) in [6.45, 7) is 1.61. The van der Waals surface area contributed by atoms with Gasteiger partial charge in [0.05, 0.1) is 16.3 Å². The van der Waals surface area contributed by atoms with Crippen LogP contribution in [0.25, 0.3) is 0 Å². The number of rotatable bonds is 4. The zero-order valence-corrected chi connectivity index (χ0v) is 11.2. The molecule has 0 aliphatic rings. The molecule has 0 aliphatic carbocycles. The van der Waals surface area contributed by atoms with E-state index in [0.29, 0.717) is 0 Å². The van der Waals surface area contributed by atoms with Gasteiger partial charge in [0.2, 0.25) is 5.91 Å². The van der Waals surface area contributed by atoms with Crippen molar-refractivity contribution in [3.63, 3.8) is 0 Å². The van der Waals surface area contributed by atoms with Crippen molar-refractivity contribution < 1.29 is 14.7 Å². The van der Waals surface area contributed by atoms with Crippen LogP contribution in [0.2, 0.25) is 5.02 Å². The van der Waals surface area contributed by atoms with Crippen LogP contribution in [-0.4, -0.2) is 31.7 Å². The van der Waals surface area contributed by atoms with Crippen LogP contribution in [0, 0.1) is 0 Å². The SMILES string of the molecule is CC(C(=O)Nc1c(Cl)cccc1C(=O)O)n1cncn1. The summed E-state index contributed by atoms with van der Waals surface area (Å²) < 4.78 is 1.35. The van der Waals surface area contributed by atoms with Gasteiger partial charge in [0.15, 0.2) is 0 Å². The number of anilines is 1. The van der Waals surface area contributed by atoms with Crippen LogP contribution in [0.3, 0.4) is 0 Å². The first-order chi connectivity index (χ1) is 9.50. The van der Waals surface area contributed by atoms with Crippen LogP contribution >= 0.6 is 11.6 Å². The Hall–Kier alpha value is -2.41. The van der Waals surface area contributed by atoms with Gasteiger partial charge >= 0.3 is 5.97 Å². The van der Waals surface area contributed by atoms with Crippen LogP contribution in [-0.2, 0) is 4.79 Å². The Morgan fingerprint density at radius 1 is 1.45 bits per heavy atom. The molecule has 1 atom stereocenters. The highest BCUT2D eigenvalue weighted by atomic mass is 35.5. The number of nitrogens with one attached hydrogen (secondary N) is 1. The number of nitrogens with zero attached hydrogens (tertiary/aromatic N) is 3. The van der Waals surface area contributed by atoms with E-state index in [1.54, 1.807) is 6.92 Å². The maximum atomic E-state index is 12.1. The van der Waals surface area contributed by atoms with Crippen molar-refractivity contribution in [3.05, 3.63) is 41.4 Å². The normalized spacial score (nSPS) is 11.9. The molecule has 0 bridgehead atoms. The maximum Gasteiger partial charge on any atom is 0.337 e. The Kier molecular flexibility index (Phi) is 3.99. The molecule has 0 saturated heterocycles. The van der Waals surface area contributed by atoms with Crippen molar-refractivity contribution in [1.29, 1.82) is 0 Å². The lowest BCUT2D eigenvalue weighted by Crippen LogP contribution is -2.25. The molecule has 2 aromatic rings. The molecule has 1 unspecified atom stereocenters. The lowest BCUT2D eigenvalue weighted by atomic mass is 10.1. The second-order valence-corrected chi connectivity index (χ2v) is 4.42. The summed E-state index contributed by atoms with van der Waals surface area (Å²) in [5.74, 6) is -1.61. The highest BCUT2D eigenvalue weighted by Gasteiger charge is 2.20. The predicted octanol–water partition coefficient (Wildman–Crippen LogP) is 1.83. The summed E-state index contributed by atoms with van der Waals surface area (Å²) in [6.07, 6.45) is 2.71. The van der Waals surface area contributed by atoms with Gasteiger partial charge in [-0.15, -0.1) is 0 Å². The van der Waals surface area contributed by atoms with Gasteiger partial charge in [0.25, 0.3) is 0 Å². The third kappa shape index (κ3) is 2.77.